The average Bonchev–Trinajstić information content (AvgIpc) is 2.69. The molecule has 2 heterocycles. The highest BCUT2D eigenvalue weighted by atomic mass is 32.1. The molecular weight excluding hydrogens is 248 g/mol. The van der Waals surface area contributed by atoms with Gasteiger partial charge in [-0.15, -0.1) is 11.3 Å². The molecular formula is C13H20N2O2S. The van der Waals surface area contributed by atoms with E-state index < -0.39 is 0 Å². The summed E-state index contributed by atoms with van der Waals surface area (Å²) in [4.78, 5) is 14.7. The molecule has 1 aliphatic heterocycles. The summed E-state index contributed by atoms with van der Waals surface area (Å²) in [5.41, 5.74) is 6.38. The maximum absolute atomic E-state index is 11.7. The Kier molecular flexibility index (Phi) is 3.64. The molecule has 0 saturated carbocycles. The van der Waals surface area contributed by atoms with E-state index in [1.807, 2.05) is 13.0 Å². The molecule has 18 heavy (non-hydrogen) atoms. The van der Waals surface area contributed by atoms with Crippen LogP contribution >= 0.6 is 11.3 Å². The summed E-state index contributed by atoms with van der Waals surface area (Å²) in [6.07, 6.45) is 0.499. The zero-order valence-corrected chi connectivity index (χ0v) is 12.0. The van der Waals surface area contributed by atoms with Crippen molar-refractivity contribution < 1.29 is 9.53 Å². The molecule has 0 amide bonds. The molecule has 1 aromatic rings. The molecule has 0 spiro atoms. The summed E-state index contributed by atoms with van der Waals surface area (Å²) < 4.78 is 5.69. The minimum atomic E-state index is -0.147. The van der Waals surface area contributed by atoms with Gasteiger partial charge in [0.15, 0.2) is 5.78 Å². The fourth-order valence-electron chi connectivity index (χ4n) is 2.13. The van der Waals surface area contributed by atoms with Gasteiger partial charge in [-0.05, 0) is 19.9 Å². The molecule has 1 aliphatic rings. The average molecular weight is 268 g/mol. The highest BCUT2D eigenvalue weighted by molar-refractivity contribution is 7.18. The van der Waals surface area contributed by atoms with Crippen molar-refractivity contribution in [1.29, 1.82) is 0 Å². The third-order valence-electron chi connectivity index (χ3n) is 3.06. The molecule has 5 heteroatoms. The molecule has 0 aliphatic carbocycles. The van der Waals surface area contributed by atoms with Crippen LogP contribution in [0.1, 0.15) is 36.9 Å². The summed E-state index contributed by atoms with van der Waals surface area (Å²) >= 11 is 1.50. The molecule has 1 saturated heterocycles. The van der Waals surface area contributed by atoms with Crippen LogP contribution in [0.3, 0.4) is 0 Å². The van der Waals surface area contributed by atoms with Gasteiger partial charge < -0.3 is 15.4 Å². The van der Waals surface area contributed by atoms with Gasteiger partial charge in [0.05, 0.1) is 27.8 Å². The minimum absolute atomic E-state index is 0.122. The number of morpholine rings is 1. The van der Waals surface area contributed by atoms with Gasteiger partial charge in [-0.1, -0.05) is 6.92 Å². The lowest BCUT2D eigenvalue weighted by atomic mass is 10.1. The van der Waals surface area contributed by atoms with Crippen molar-refractivity contribution in [3.8, 4) is 0 Å². The Labute approximate surface area is 112 Å². The highest BCUT2D eigenvalue weighted by Crippen LogP contribution is 2.35. The molecule has 0 bridgehead atoms. The number of carbonyl (C=O) groups excluding carboxylic acids is 1. The van der Waals surface area contributed by atoms with Gasteiger partial charge in [0, 0.05) is 19.5 Å². The number of ether oxygens (including phenoxy) is 1. The molecule has 2 N–H and O–H groups in total. The smallest absolute Gasteiger partial charge is 0.174 e. The van der Waals surface area contributed by atoms with Gasteiger partial charge in [-0.3, -0.25) is 4.79 Å². The number of anilines is 2. The van der Waals surface area contributed by atoms with Gasteiger partial charge in [0.2, 0.25) is 0 Å². The van der Waals surface area contributed by atoms with E-state index in [0.29, 0.717) is 23.6 Å². The first-order chi connectivity index (χ1) is 8.43. The Morgan fingerprint density at radius 3 is 2.94 bits per heavy atom. The van der Waals surface area contributed by atoms with Crippen LogP contribution in [-0.2, 0) is 4.74 Å². The van der Waals surface area contributed by atoms with Crippen LogP contribution in [-0.4, -0.2) is 31.1 Å². The monoisotopic (exact) mass is 268 g/mol. The van der Waals surface area contributed by atoms with E-state index in [-0.39, 0.29) is 11.4 Å². The lowest BCUT2D eigenvalue weighted by Crippen LogP contribution is -2.48. The lowest BCUT2D eigenvalue weighted by Gasteiger charge is -2.38. The first-order valence-electron chi connectivity index (χ1n) is 6.24. The molecule has 0 atom stereocenters. The molecule has 0 unspecified atom stereocenters. The van der Waals surface area contributed by atoms with E-state index in [9.17, 15) is 4.79 Å². The predicted molar refractivity (Wildman–Crippen MR) is 75.6 cm³/mol. The molecule has 100 valence electrons. The first-order valence-corrected chi connectivity index (χ1v) is 7.06. The maximum Gasteiger partial charge on any atom is 0.174 e. The van der Waals surface area contributed by atoms with Gasteiger partial charge in [-0.2, -0.15) is 0 Å². The Morgan fingerprint density at radius 1 is 1.61 bits per heavy atom. The number of nitrogens with two attached hydrogens (primary N) is 1. The Hall–Kier alpha value is -1.07. The second-order valence-corrected chi connectivity index (χ2v) is 6.21. The van der Waals surface area contributed by atoms with Crippen LogP contribution in [0.15, 0.2) is 6.07 Å². The van der Waals surface area contributed by atoms with Crippen molar-refractivity contribution in [3.63, 3.8) is 0 Å². The largest absolute Gasteiger partial charge is 0.397 e. The van der Waals surface area contributed by atoms with E-state index in [2.05, 4.69) is 18.7 Å². The molecule has 1 fully saturated rings. The number of Topliss-reactive ketones (excluding diaryl/α,β-unsaturated/α-hetero) is 1. The lowest BCUT2D eigenvalue weighted by molar-refractivity contribution is -0.0275. The number of rotatable bonds is 3. The first kappa shape index (κ1) is 13.4. The molecule has 4 nitrogen and oxygen atoms in total. The number of ketones is 1. The van der Waals surface area contributed by atoms with E-state index in [0.717, 1.165) is 18.1 Å². The van der Waals surface area contributed by atoms with Gasteiger partial charge in [-0.25, -0.2) is 0 Å². The molecule has 2 rings (SSSR count). The quantitative estimate of drug-likeness (QED) is 0.856. The third kappa shape index (κ3) is 2.67. The minimum Gasteiger partial charge on any atom is -0.397 e. The van der Waals surface area contributed by atoms with Crippen molar-refractivity contribution in [1.82, 2.24) is 0 Å². The summed E-state index contributed by atoms with van der Waals surface area (Å²) in [5.74, 6) is 0.122. The summed E-state index contributed by atoms with van der Waals surface area (Å²) in [6, 6.07) is 1.91. The number of carbonyl (C=O) groups is 1. The molecule has 0 radical (unpaired) electrons. The van der Waals surface area contributed by atoms with Crippen LogP contribution in [0.5, 0.6) is 0 Å². The zero-order chi connectivity index (χ0) is 13.3. The second-order valence-electron chi connectivity index (χ2n) is 5.18. The maximum atomic E-state index is 11.7. The summed E-state index contributed by atoms with van der Waals surface area (Å²) in [5, 5.41) is 1.07. The van der Waals surface area contributed by atoms with Gasteiger partial charge >= 0.3 is 0 Å². The Morgan fingerprint density at radius 2 is 2.33 bits per heavy atom. The van der Waals surface area contributed by atoms with E-state index in [1.54, 1.807) is 0 Å². The van der Waals surface area contributed by atoms with E-state index >= 15 is 0 Å². The second kappa shape index (κ2) is 4.90. The van der Waals surface area contributed by atoms with Gasteiger partial charge in [0.25, 0.3) is 0 Å². The van der Waals surface area contributed by atoms with Crippen molar-refractivity contribution in [2.24, 2.45) is 0 Å². The standard InChI is InChI=1S/C13H20N2O2S/c1-4-10(16)12-9(14)7-11(18-12)15-5-6-17-13(2,3)8-15/h7H,4-6,8,14H2,1-3H3. The van der Waals surface area contributed by atoms with Crippen LogP contribution in [0.2, 0.25) is 0 Å². The fraction of sp³-hybridized carbons (Fsp3) is 0.615. The molecule has 1 aromatic heterocycles. The fourth-order valence-corrected chi connectivity index (χ4v) is 3.25. The topological polar surface area (TPSA) is 55.6 Å². The number of hydrogen-bond donors (Lipinski definition) is 1. The summed E-state index contributed by atoms with van der Waals surface area (Å²) in [6.45, 7) is 8.40. The number of hydrogen-bond acceptors (Lipinski definition) is 5. The van der Waals surface area contributed by atoms with E-state index in [4.69, 9.17) is 10.5 Å². The van der Waals surface area contributed by atoms with Gasteiger partial charge in [0.1, 0.15) is 0 Å². The summed E-state index contributed by atoms with van der Waals surface area (Å²) in [7, 11) is 0. The normalized spacial score (nSPS) is 18.9. The third-order valence-corrected chi connectivity index (χ3v) is 4.31. The van der Waals surface area contributed by atoms with Crippen molar-refractivity contribution in [2.45, 2.75) is 32.8 Å². The van der Waals surface area contributed by atoms with Crippen molar-refractivity contribution in [3.05, 3.63) is 10.9 Å². The predicted octanol–water partition coefficient (Wildman–Crippen LogP) is 2.54. The Balaban J connectivity index is 2.21. The Bertz CT molecular complexity index is 454. The zero-order valence-electron chi connectivity index (χ0n) is 11.2. The SMILES string of the molecule is CCC(=O)c1sc(N2CCOC(C)(C)C2)cc1N. The van der Waals surface area contributed by atoms with Crippen molar-refractivity contribution >= 4 is 27.8 Å². The highest BCUT2D eigenvalue weighted by Gasteiger charge is 2.28. The van der Waals surface area contributed by atoms with Crippen LogP contribution in [0.25, 0.3) is 0 Å². The van der Waals surface area contributed by atoms with Crippen LogP contribution in [0.4, 0.5) is 10.7 Å². The number of nitrogen functional groups attached to an aromatic ring is 1. The van der Waals surface area contributed by atoms with E-state index in [1.165, 1.54) is 11.3 Å². The number of thiophene rings is 1. The number of nitrogens with zero attached hydrogens (tertiary/aromatic N) is 1. The van der Waals surface area contributed by atoms with Crippen LogP contribution in [0, 0.1) is 0 Å². The van der Waals surface area contributed by atoms with Crippen molar-refractivity contribution in [2.75, 3.05) is 30.3 Å². The van der Waals surface area contributed by atoms with Crippen LogP contribution < -0.4 is 10.6 Å². The molecule has 0 aromatic carbocycles.